The number of rotatable bonds is 3. The van der Waals surface area contributed by atoms with Gasteiger partial charge in [0.2, 0.25) is 5.91 Å². The normalized spacial score (nSPS) is 18.3. The summed E-state index contributed by atoms with van der Waals surface area (Å²) in [6, 6.07) is 4.59. The molecule has 1 aromatic carbocycles. The van der Waals surface area contributed by atoms with E-state index in [9.17, 15) is 9.18 Å². The second kappa shape index (κ2) is 6.11. The number of benzene rings is 1. The summed E-state index contributed by atoms with van der Waals surface area (Å²) in [5.41, 5.74) is 5.49. The van der Waals surface area contributed by atoms with Crippen LogP contribution in [0.15, 0.2) is 23.4 Å². The molecule has 2 rings (SSSR count). The van der Waals surface area contributed by atoms with Gasteiger partial charge in [-0.25, -0.2) is 4.39 Å². The van der Waals surface area contributed by atoms with Gasteiger partial charge in [0.15, 0.2) is 5.84 Å². The Morgan fingerprint density at radius 2 is 2.05 bits per heavy atom. The van der Waals surface area contributed by atoms with Gasteiger partial charge in [-0.3, -0.25) is 4.79 Å². The first-order valence-electron chi connectivity index (χ1n) is 7.06. The van der Waals surface area contributed by atoms with Crippen LogP contribution >= 0.6 is 0 Å². The number of carbonyl (C=O) groups is 1. The Kier molecular flexibility index (Phi) is 4.45. The lowest BCUT2D eigenvalue weighted by Gasteiger charge is -2.34. The first-order valence-corrected chi connectivity index (χ1v) is 7.06. The van der Waals surface area contributed by atoms with Crippen LogP contribution in [-0.4, -0.2) is 17.0 Å². The highest BCUT2D eigenvalue weighted by atomic mass is 19.1. The molecule has 21 heavy (non-hydrogen) atoms. The van der Waals surface area contributed by atoms with Gasteiger partial charge in [0.25, 0.3) is 0 Å². The molecule has 4 N–H and O–H groups in total. The topological polar surface area (TPSA) is 87.7 Å². The quantitative estimate of drug-likeness (QED) is 0.346. The number of amides is 1. The lowest BCUT2D eigenvalue weighted by Crippen LogP contribution is -2.48. The van der Waals surface area contributed by atoms with E-state index in [0.717, 1.165) is 19.3 Å². The van der Waals surface area contributed by atoms with Crippen molar-refractivity contribution in [3.05, 3.63) is 29.6 Å². The molecule has 5 nitrogen and oxygen atoms in total. The van der Waals surface area contributed by atoms with E-state index >= 15 is 0 Å². The molecule has 1 saturated carbocycles. The third-order valence-corrected chi connectivity index (χ3v) is 4.20. The molecule has 114 valence electrons. The average molecular weight is 293 g/mol. The van der Waals surface area contributed by atoms with Crippen molar-refractivity contribution in [1.29, 1.82) is 0 Å². The van der Waals surface area contributed by atoms with E-state index in [1.807, 2.05) is 0 Å². The van der Waals surface area contributed by atoms with E-state index in [1.54, 1.807) is 19.1 Å². The van der Waals surface area contributed by atoms with E-state index in [1.165, 1.54) is 6.07 Å². The van der Waals surface area contributed by atoms with Crippen LogP contribution in [0.4, 0.5) is 10.1 Å². The molecule has 0 heterocycles. The van der Waals surface area contributed by atoms with Gasteiger partial charge >= 0.3 is 0 Å². The van der Waals surface area contributed by atoms with Crippen molar-refractivity contribution >= 4 is 17.4 Å². The van der Waals surface area contributed by atoms with Gasteiger partial charge < -0.3 is 16.3 Å². The third-order valence-electron chi connectivity index (χ3n) is 4.20. The Labute approximate surface area is 123 Å². The van der Waals surface area contributed by atoms with Gasteiger partial charge in [0.05, 0.1) is 5.69 Å². The zero-order valence-corrected chi connectivity index (χ0v) is 12.0. The first-order chi connectivity index (χ1) is 10.0. The van der Waals surface area contributed by atoms with Gasteiger partial charge in [0.1, 0.15) is 11.2 Å². The second-order valence-electron chi connectivity index (χ2n) is 5.51. The molecule has 6 heteroatoms. The van der Waals surface area contributed by atoms with Crippen molar-refractivity contribution in [2.45, 2.75) is 39.0 Å². The number of nitrogens with zero attached hydrogens (tertiary/aromatic N) is 1. The minimum absolute atomic E-state index is 0.103. The summed E-state index contributed by atoms with van der Waals surface area (Å²) in [6.45, 7) is 1.72. The van der Waals surface area contributed by atoms with Gasteiger partial charge in [-0.15, -0.1) is 0 Å². The highest BCUT2D eigenvalue weighted by Crippen LogP contribution is 2.38. The predicted molar refractivity (Wildman–Crippen MR) is 78.7 cm³/mol. The van der Waals surface area contributed by atoms with E-state index in [4.69, 9.17) is 10.9 Å². The molecule has 1 amide bonds. The SMILES string of the molecule is Cc1cccc(F)c1NC(=O)C1(/C(N)=N/O)CCCCC1. The van der Waals surface area contributed by atoms with E-state index in [2.05, 4.69) is 10.5 Å². The van der Waals surface area contributed by atoms with Crippen molar-refractivity contribution in [2.24, 2.45) is 16.3 Å². The van der Waals surface area contributed by atoms with Crippen molar-refractivity contribution in [3.8, 4) is 0 Å². The standard InChI is InChI=1S/C15H20FN3O2/c1-10-6-5-7-11(16)12(10)18-14(20)15(13(17)19-21)8-3-2-4-9-15/h5-7,21H,2-4,8-9H2,1H3,(H2,17,19)(H,18,20). The fourth-order valence-electron chi connectivity index (χ4n) is 2.87. The number of anilines is 1. The number of para-hydroxylation sites is 1. The molecule has 0 radical (unpaired) electrons. The molecular weight excluding hydrogens is 273 g/mol. The first kappa shape index (κ1) is 15.3. The largest absolute Gasteiger partial charge is 0.409 e. The molecule has 1 fully saturated rings. The summed E-state index contributed by atoms with van der Waals surface area (Å²) in [7, 11) is 0. The fraction of sp³-hybridized carbons (Fsp3) is 0.467. The molecule has 1 aliphatic carbocycles. The predicted octanol–water partition coefficient (Wildman–Crippen LogP) is 2.77. The van der Waals surface area contributed by atoms with Gasteiger partial charge in [-0.2, -0.15) is 0 Å². The number of hydrogen-bond acceptors (Lipinski definition) is 3. The molecule has 0 bridgehead atoms. The number of nitrogens with two attached hydrogens (primary N) is 1. The molecule has 0 aliphatic heterocycles. The number of nitrogens with one attached hydrogen (secondary N) is 1. The van der Waals surface area contributed by atoms with Crippen LogP contribution in [0.3, 0.4) is 0 Å². The second-order valence-corrected chi connectivity index (χ2v) is 5.51. The zero-order chi connectivity index (χ0) is 15.5. The van der Waals surface area contributed by atoms with Crippen LogP contribution in [-0.2, 0) is 4.79 Å². The number of amidine groups is 1. The molecule has 0 spiro atoms. The maximum absolute atomic E-state index is 13.9. The summed E-state index contributed by atoms with van der Waals surface area (Å²) in [5.74, 6) is -1.01. The zero-order valence-electron chi connectivity index (χ0n) is 12.0. The third kappa shape index (κ3) is 2.84. The molecule has 1 aromatic rings. The van der Waals surface area contributed by atoms with Crippen molar-refractivity contribution in [2.75, 3.05) is 5.32 Å². The molecule has 1 aliphatic rings. The van der Waals surface area contributed by atoms with Crippen LogP contribution in [0.5, 0.6) is 0 Å². The molecular formula is C15H20FN3O2. The van der Waals surface area contributed by atoms with E-state index < -0.39 is 17.1 Å². The summed E-state index contributed by atoms with van der Waals surface area (Å²) >= 11 is 0. The smallest absolute Gasteiger partial charge is 0.238 e. The number of hydrogen-bond donors (Lipinski definition) is 3. The molecule has 0 atom stereocenters. The summed E-state index contributed by atoms with van der Waals surface area (Å²) in [6.07, 6.45) is 3.65. The van der Waals surface area contributed by atoms with Crippen molar-refractivity contribution in [3.63, 3.8) is 0 Å². The maximum Gasteiger partial charge on any atom is 0.238 e. The van der Waals surface area contributed by atoms with Crippen LogP contribution in [0.25, 0.3) is 0 Å². The van der Waals surface area contributed by atoms with Gasteiger partial charge in [-0.05, 0) is 31.4 Å². The Balaban J connectivity index is 2.32. The Morgan fingerprint density at radius 3 is 2.62 bits per heavy atom. The number of carbonyl (C=O) groups excluding carboxylic acids is 1. The highest BCUT2D eigenvalue weighted by Gasteiger charge is 2.44. The van der Waals surface area contributed by atoms with Gasteiger partial charge in [0, 0.05) is 0 Å². The van der Waals surface area contributed by atoms with Crippen LogP contribution in [0.1, 0.15) is 37.7 Å². The highest BCUT2D eigenvalue weighted by molar-refractivity contribution is 6.12. The lowest BCUT2D eigenvalue weighted by molar-refractivity contribution is -0.123. The Hall–Kier alpha value is -2.11. The van der Waals surface area contributed by atoms with E-state index in [-0.39, 0.29) is 11.5 Å². The number of halogens is 1. The number of aryl methyl sites for hydroxylation is 1. The van der Waals surface area contributed by atoms with Gasteiger partial charge in [-0.1, -0.05) is 36.6 Å². The summed E-state index contributed by atoms with van der Waals surface area (Å²) in [4.78, 5) is 12.6. The van der Waals surface area contributed by atoms with Crippen LogP contribution < -0.4 is 11.1 Å². The summed E-state index contributed by atoms with van der Waals surface area (Å²) < 4.78 is 13.9. The van der Waals surface area contributed by atoms with Crippen molar-refractivity contribution in [1.82, 2.24) is 0 Å². The molecule has 0 saturated heterocycles. The fourth-order valence-corrected chi connectivity index (χ4v) is 2.87. The molecule has 0 aromatic heterocycles. The van der Waals surface area contributed by atoms with Crippen LogP contribution in [0, 0.1) is 18.2 Å². The Morgan fingerprint density at radius 1 is 1.38 bits per heavy atom. The minimum Gasteiger partial charge on any atom is -0.409 e. The lowest BCUT2D eigenvalue weighted by atomic mass is 9.72. The minimum atomic E-state index is -1.05. The average Bonchev–Trinajstić information content (AvgIpc) is 2.50. The Bertz CT molecular complexity index is 546. The van der Waals surface area contributed by atoms with Crippen molar-refractivity contribution < 1.29 is 14.4 Å². The molecule has 0 unspecified atom stereocenters. The summed E-state index contributed by atoms with van der Waals surface area (Å²) in [5, 5.41) is 14.6. The van der Waals surface area contributed by atoms with Crippen LogP contribution in [0.2, 0.25) is 0 Å². The number of oxime groups is 1. The van der Waals surface area contributed by atoms with E-state index in [0.29, 0.717) is 18.4 Å². The maximum atomic E-state index is 13.9. The monoisotopic (exact) mass is 293 g/mol.